The molecule has 0 atom stereocenters. The number of likely N-dealkylation sites (N-methyl/N-ethyl adjacent to an activating group) is 1. The van der Waals surface area contributed by atoms with Gasteiger partial charge in [0.15, 0.2) is 0 Å². The Labute approximate surface area is 139 Å². The minimum absolute atomic E-state index is 0. The molecule has 8 heteroatoms. The van der Waals surface area contributed by atoms with Crippen molar-refractivity contribution in [3.63, 3.8) is 0 Å². The highest BCUT2D eigenvalue weighted by molar-refractivity contribution is 6.34. The summed E-state index contributed by atoms with van der Waals surface area (Å²) in [5.41, 5.74) is -0.698. The zero-order chi connectivity index (χ0) is 15.8. The predicted molar refractivity (Wildman–Crippen MR) is 77.6 cm³/mol. The average Bonchev–Trinajstić information content (AvgIpc) is 2.26. The Balaban J connectivity index is 0.00000400. The largest absolute Gasteiger partial charge is 1.00 e. The maximum atomic E-state index is 12.8. The average molecular weight is 366 g/mol. The van der Waals surface area contributed by atoms with Gasteiger partial charge in [0, 0.05) is 6.07 Å². The van der Waals surface area contributed by atoms with Gasteiger partial charge >= 0.3 is 6.18 Å². The van der Waals surface area contributed by atoms with Gasteiger partial charge in [0.05, 0.1) is 25.2 Å². The van der Waals surface area contributed by atoms with Crippen molar-refractivity contribution in [2.75, 3.05) is 20.6 Å². The van der Waals surface area contributed by atoms with Crippen LogP contribution in [0, 0.1) is 0 Å². The number of hydrogen-bond donors (Lipinski definition) is 0. The lowest BCUT2D eigenvalue weighted by Gasteiger charge is -2.38. The van der Waals surface area contributed by atoms with E-state index in [0.29, 0.717) is 12.2 Å². The molecule has 0 amide bonds. The first-order valence-corrected chi connectivity index (χ1v) is 6.66. The second kappa shape index (κ2) is 6.92. The first-order chi connectivity index (χ1) is 8.86. The first kappa shape index (κ1) is 20.8. The second-order valence-electron chi connectivity index (χ2n) is 5.94. The lowest BCUT2D eigenvalue weighted by Crippen LogP contribution is -3.00. The Morgan fingerprint density at radius 2 is 1.67 bits per heavy atom. The van der Waals surface area contributed by atoms with Gasteiger partial charge in [0.2, 0.25) is 0 Å². The molecule has 1 aromatic carbocycles. The highest BCUT2D eigenvalue weighted by Gasteiger charge is 2.36. The molecule has 0 aromatic heterocycles. The SMILES string of the molecule is CC(C)(C[N+](C)(C)c1cccc(C(F)(F)F)c1)N(Cl)Cl.[Cl-]. The van der Waals surface area contributed by atoms with Crippen molar-refractivity contribution in [3.05, 3.63) is 29.8 Å². The van der Waals surface area contributed by atoms with E-state index < -0.39 is 17.3 Å². The van der Waals surface area contributed by atoms with Crippen LogP contribution in [0.5, 0.6) is 0 Å². The molecular weight excluding hydrogens is 348 g/mol. The maximum Gasteiger partial charge on any atom is 0.416 e. The summed E-state index contributed by atoms with van der Waals surface area (Å²) in [5.74, 6) is 0. The molecule has 0 heterocycles. The molecule has 122 valence electrons. The van der Waals surface area contributed by atoms with E-state index in [2.05, 4.69) is 0 Å². The monoisotopic (exact) mass is 364 g/mol. The summed E-state index contributed by atoms with van der Waals surface area (Å²) in [7, 11) is 3.63. The number of nitrogens with zero attached hydrogens (tertiary/aromatic N) is 2. The summed E-state index contributed by atoms with van der Waals surface area (Å²) < 4.78 is 39.6. The van der Waals surface area contributed by atoms with Crippen LogP contribution in [0.25, 0.3) is 0 Å². The third-order valence-corrected chi connectivity index (χ3v) is 4.03. The number of quaternary nitrogens is 1. The molecule has 0 spiro atoms. The Morgan fingerprint density at radius 1 is 1.14 bits per heavy atom. The van der Waals surface area contributed by atoms with Gasteiger partial charge in [-0.15, -0.1) is 3.94 Å². The van der Waals surface area contributed by atoms with Crippen LogP contribution >= 0.6 is 23.6 Å². The molecule has 0 N–H and O–H groups in total. The van der Waals surface area contributed by atoms with E-state index in [4.69, 9.17) is 23.6 Å². The minimum Gasteiger partial charge on any atom is -1.00 e. The predicted octanol–water partition coefficient (Wildman–Crippen LogP) is 1.66. The van der Waals surface area contributed by atoms with E-state index in [1.807, 2.05) is 27.9 Å². The van der Waals surface area contributed by atoms with Crippen LogP contribution < -0.4 is 16.9 Å². The molecule has 21 heavy (non-hydrogen) atoms. The third-order valence-electron chi connectivity index (χ3n) is 3.11. The molecule has 0 aliphatic carbocycles. The quantitative estimate of drug-likeness (QED) is 0.579. The van der Waals surface area contributed by atoms with Gasteiger partial charge in [-0.05, 0) is 49.5 Å². The van der Waals surface area contributed by atoms with Crippen LogP contribution in [-0.4, -0.2) is 30.1 Å². The maximum absolute atomic E-state index is 12.8. The second-order valence-corrected chi connectivity index (χ2v) is 6.79. The van der Waals surface area contributed by atoms with E-state index >= 15 is 0 Å². The van der Waals surface area contributed by atoms with Gasteiger partial charge < -0.3 is 12.4 Å². The molecule has 2 nitrogen and oxygen atoms in total. The van der Waals surface area contributed by atoms with Crippen LogP contribution in [0.1, 0.15) is 19.4 Å². The molecule has 0 unspecified atom stereocenters. The molecule has 0 radical (unpaired) electrons. The minimum atomic E-state index is -4.35. The highest BCUT2D eigenvalue weighted by atomic mass is 35.5. The summed E-state index contributed by atoms with van der Waals surface area (Å²) in [5, 5.41) is 0. The number of halogens is 6. The molecule has 0 bridgehead atoms. The van der Waals surface area contributed by atoms with Gasteiger partial charge in [-0.1, -0.05) is 6.07 Å². The van der Waals surface area contributed by atoms with Crippen molar-refractivity contribution in [1.29, 1.82) is 0 Å². The summed E-state index contributed by atoms with van der Waals surface area (Å²) in [6.45, 7) is 4.09. The Bertz CT molecular complexity index is 474. The van der Waals surface area contributed by atoms with E-state index in [-0.39, 0.29) is 16.9 Å². The number of benzene rings is 1. The van der Waals surface area contributed by atoms with Crippen LogP contribution in [-0.2, 0) is 6.18 Å². The van der Waals surface area contributed by atoms with Gasteiger partial charge in [-0.2, -0.15) is 13.2 Å². The summed E-state index contributed by atoms with van der Waals surface area (Å²) in [6.07, 6.45) is -4.35. The fourth-order valence-electron chi connectivity index (χ4n) is 2.17. The topological polar surface area (TPSA) is 3.24 Å². The standard InChI is InChI=1S/C13H18Cl2F3N2.ClH/c1-12(2,19(14)15)9-20(3,4)11-7-5-6-10(8-11)13(16,17)18;/h5-8H,9H2,1-4H3;1H/q+1;/p-1. The fourth-order valence-corrected chi connectivity index (χ4v) is 2.28. The molecular formula is C13H18Cl3F3N2. The van der Waals surface area contributed by atoms with E-state index in [1.165, 1.54) is 6.07 Å². The zero-order valence-electron chi connectivity index (χ0n) is 12.2. The highest BCUT2D eigenvalue weighted by Crippen LogP contribution is 2.34. The first-order valence-electron chi connectivity index (χ1n) is 5.99. The van der Waals surface area contributed by atoms with E-state index in [0.717, 1.165) is 16.1 Å². The lowest BCUT2D eigenvalue weighted by atomic mass is 10.0. The number of alkyl halides is 3. The van der Waals surface area contributed by atoms with E-state index in [9.17, 15) is 13.2 Å². The summed E-state index contributed by atoms with van der Waals surface area (Å²) in [6, 6.07) is 5.29. The Hall–Kier alpha value is -0.200. The van der Waals surface area contributed by atoms with Crippen molar-refractivity contribution in [1.82, 2.24) is 8.42 Å². The van der Waals surface area contributed by atoms with Crippen LogP contribution in [0.3, 0.4) is 0 Å². The van der Waals surface area contributed by atoms with Crippen molar-refractivity contribution in [2.45, 2.75) is 25.6 Å². The van der Waals surface area contributed by atoms with Crippen LogP contribution in [0.2, 0.25) is 0 Å². The fraction of sp³-hybridized carbons (Fsp3) is 0.538. The molecule has 1 aromatic rings. The Kier molecular flexibility index (Phi) is 6.85. The smallest absolute Gasteiger partial charge is 0.416 e. The molecule has 0 aliphatic heterocycles. The number of hydrogen-bond acceptors (Lipinski definition) is 1. The molecule has 0 saturated carbocycles. The summed E-state index contributed by atoms with van der Waals surface area (Å²) in [4.78, 5) is 0. The van der Waals surface area contributed by atoms with Gasteiger partial charge in [-0.3, -0.25) is 4.48 Å². The van der Waals surface area contributed by atoms with Crippen molar-refractivity contribution < 1.29 is 25.6 Å². The van der Waals surface area contributed by atoms with E-state index in [1.54, 1.807) is 6.07 Å². The molecule has 0 aliphatic rings. The van der Waals surface area contributed by atoms with Crippen LogP contribution in [0.15, 0.2) is 24.3 Å². The number of rotatable bonds is 4. The van der Waals surface area contributed by atoms with Crippen molar-refractivity contribution in [2.24, 2.45) is 0 Å². The van der Waals surface area contributed by atoms with Crippen molar-refractivity contribution in [3.8, 4) is 0 Å². The third kappa shape index (κ3) is 5.49. The lowest BCUT2D eigenvalue weighted by molar-refractivity contribution is -0.137. The molecule has 1 rings (SSSR count). The molecule has 0 fully saturated rings. The van der Waals surface area contributed by atoms with Crippen molar-refractivity contribution >= 4 is 29.2 Å². The molecule has 0 saturated heterocycles. The zero-order valence-corrected chi connectivity index (χ0v) is 14.4. The van der Waals surface area contributed by atoms with Gasteiger partial charge in [0.1, 0.15) is 12.2 Å². The summed E-state index contributed by atoms with van der Waals surface area (Å²) >= 11 is 11.6. The van der Waals surface area contributed by atoms with Crippen LogP contribution in [0.4, 0.5) is 18.9 Å². The Morgan fingerprint density at radius 3 is 2.10 bits per heavy atom. The van der Waals surface area contributed by atoms with Gasteiger partial charge in [0.25, 0.3) is 0 Å². The van der Waals surface area contributed by atoms with Gasteiger partial charge in [-0.25, -0.2) is 0 Å². The normalized spacial score (nSPS) is 13.2.